The molecular formula is C31H27NOS2. The van der Waals surface area contributed by atoms with E-state index in [4.69, 9.17) is 0 Å². The molecule has 0 fully saturated rings. The maximum Gasteiger partial charge on any atom is 0.182 e. The number of benzene rings is 2. The van der Waals surface area contributed by atoms with E-state index in [1.807, 2.05) is 23.6 Å². The number of para-hydroxylation sites is 1. The molecule has 1 aliphatic heterocycles. The summed E-state index contributed by atoms with van der Waals surface area (Å²) >= 11 is 3.28. The van der Waals surface area contributed by atoms with Crippen molar-refractivity contribution < 1.29 is 4.79 Å². The molecule has 2 nitrogen and oxygen atoms in total. The minimum absolute atomic E-state index is 0.185. The second-order valence-corrected chi connectivity index (χ2v) is 11.7. The van der Waals surface area contributed by atoms with Crippen LogP contribution in [0.15, 0.2) is 102 Å². The number of carbonyl (C=O) groups is 1. The molecule has 0 N–H and O–H groups in total. The van der Waals surface area contributed by atoms with Crippen molar-refractivity contribution in [2.45, 2.75) is 24.8 Å². The quantitative estimate of drug-likeness (QED) is 0.269. The normalized spacial score (nSPS) is 22.6. The maximum atomic E-state index is 14.5. The van der Waals surface area contributed by atoms with Gasteiger partial charge in [0.25, 0.3) is 0 Å². The summed E-state index contributed by atoms with van der Waals surface area (Å²) in [4.78, 5) is 18.9. The Morgan fingerprint density at radius 1 is 0.857 bits per heavy atom. The van der Waals surface area contributed by atoms with Gasteiger partial charge < -0.3 is 4.90 Å². The molecule has 2 aromatic carbocycles. The first kappa shape index (κ1) is 22.3. The summed E-state index contributed by atoms with van der Waals surface area (Å²) in [6.45, 7) is 4.61. The zero-order valence-electron chi connectivity index (χ0n) is 20.1. The number of ketones is 1. The monoisotopic (exact) mass is 493 g/mol. The lowest BCUT2D eigenvalue weighted by molar-refractivity contribution is 0.0890. The van der Waals surface area contributed by atoms with Crippen LogP contribution in [0.2, 0.25) is 0 Å². The number of rotatable bonds is 4. The average Bonchev–Trinajstić information content (AvgIpc) is 3.64. The van der Waals surface area contributed by atoms with Crippen LogP contribution in [0.3, 0.4) is 0 Å². The summed E-state index contributed by atoms with van der Waals surface area (Å²) in [6.07, 6.45) is 4.65. The Bertz CT molecular complexity index is 1440. The molecule has 1 spiro atoms. The highest BCUT2D eigenvalue weighted by atomic mass is 32.1. The van der Waals surface area contributed by atoms with Crippen molar-refractivity contribution in [1.29, 1.82) is 0 Å². The number of allylic oxidation sites excluding steroid dienone is 2. The van der Waals surface area contributed by atoms with Crippen LogP contribution in [0.5, 0.6) is 0 Å². The largest absolute Gasteiger partial charge is 0.363 e. The smallest absolute Gasteiger partial charge is 0.182 e. The second kappa shape index (κ2) is 8.18. The molecule has 3 heterocycles. The predicted octanol–water partition coefficient (Wildman–Crippen LogP) is 7.96. The summed E-state index contributed by atoms with van der Waals surface area (Å²) in [5.41, 5.74) is 4.96. The molecular weight excluding hydrogens is 466 g/mol. The summed E-state index contributed by atoms with van der Waals surface area (Å²) in [5, 5.41) is 4.12. The average molecular weight is 494 g/mol. The molecule has 1 aliphatic carbocycles. The van der Waals surface area contributed by atoms with Crippen molar-refractivity contribution in [2.24, 2.45) is 5.92 Å². The fourth-order valence-corrected chi connectivity index (χ4v) is 7.59. The van der Waals surface area contributed by atoms with Gasteiger partial charge in [-0.3, -0.25) is 4.79 Å². The maximum absolute atomic E-state index is 14.5. The minimum Gasteiger partial charge on any atom is -0.363 e. The van der Waals surface area contributed by atoms with E-state index in [1.54, 1.807) is 11.3 Å². The second-order valence-electron chi connectivity index (χ2n) is 9.84. The van der Waals surface area contributed by atoms with Gasteiger partial charge in [-0.15, -0.1) is 22.7 Å². The number of anilines is 1. The van der Waals surface area contributed by atoms with E-state index in [0.717, 1.165) is 16.0 Å². The van der Waals surface area contributed by atoms with Crippen LogP contribution in [0.4, 0.5) is 5.69 Å². The fourth-order valence-electron chi connectivity index (χ4n) is 6.18. The van der Waals surface area contributed by atoms with E-state index in [-0.39, 0.29) is 17.1 Å². The van der Waals surface area contributed by atoms with Crippen LogP contribution < -0.4 is 4.90 Å². The Morgan fingerprint density at radius 2 is 1.57 bits per heavy atom. The van der Waals surface area contributed by atoms with Gasteiger partial charge in [0.05, 0.1) is 16.3 Å². The van der Waals surface area contributed by atoms with E-state index in [2.05, 4.69) is 104 Å². The van der Waals surface area contributed by atoms with Gasteiger partial charge in [0.2, 0.25) is 0 Å². The van der Waals surface area contributed by atoms with Crippen molar-refractivity contribution in [2.75, 3.05) is 11.9 Å². The molecule has 0 saturated heterocycles. The van der Waals surface area contributed by atoms with Crippen molar-refractivity contribution in [1.82, 2.24) is 0 Å². The first-order valence-electron chi connectivity index (χ1n) is 11.9. The van der Waals surface area contributed by atoms with Gasteiger partial charge >= 0.3 is 0 Å². The number of carbonyl (C=O) groups excluding carboxylic acids is 1. The fraction of sp³-hybridized carbons (Fsp3) is 0.194. The molecule has 6 rings (SSSR count). The lowest BCUT2D eigenvalue weighted by Crippen LogP contribution is -2.61. The van der Waals surface area contributed by atoms with Crippen LogP contribution in [0, 0.1) is 5.92 Å². The molecule has 4 heteroatoms. The third kappa shape index (κ3) is 3.17. The lowest BCUT2D eigenvalue weighted by Gasteiger charge is -2.52. The lowest BCUT2D eigenvalue weighted by atomic mass is 9.57. The van der Waals surface area contributed by atoms with Crippen LogP contribution in [0.25, 0.3) is 11.1 Å². The highest BCUT2D eigenvalue weighted by molar-refractivity contribution is 7.12. The Morgan fingerprint density at radius 3 is 2.26 bits per heavy atom. The van der Waals surface area contributed by atoms with E-state index in [0.29, 0.717) is 0 Å². The number of hydrogen-bond acceptors (Lipinski definition) is 4. The van der Waals surface area contributed by atoms with E-state index >= 15 is 0 Å². The number of Topliss-reactive ketones (excluding diaryl/α,β-unsaturated/α-hetero) is 1. The van der Waals surface area contributed by atoms with Gasteiger partial charge in [0.1, 0.15) is 0 Å². The van der Waals surface area contributed by atoms with Gasteiger partial charge in [-0.25, -0.2) is 0 Å². The molecule has 2 aromatic heterocycles. The molecule has 174 valence electrons. The molecule has 0 saturated carbocycles. The Balaban J connectivity index is 1.69. The zero-order valence-corrected chi connectivity index (χ0v) is 21.7. The van der Waals surface area contributed by atoms with Crippen LogP contribution >= 0.6 is 22.7 Å². The van der Waals surface area contributed by atoms with E-state index in [1.165, 1.54) is 33.0 Å². The van der Waals surface area contributed by atoms with Crippen LogP contribution in [0.1, 0.15) is 39.5 Å². The molecule has 4 aromatic rings. The molecule has 2 aliphatic rings. The van der Waals surface area contributed by atoms with Crippen LogP contribution in [-0.2, 0) is 5.41 Å². The highest BCUT2D eigenvalue weighted by Gasteiger charge is 2.62. The van der Waals surface area contributed by atoms with Gasteiger partial charge in [0.15, 0.2) is 5.78 Å². The summed E-state index contributed by atoms with van der Waals surface area (Å²) in [6, 6.07) is 27.3. The van der Waals surface area contributed by atoms with Crippen molar-refractivity contribution >= 4 is 45.3 Å². The third-order valence-electron chi connectivity index (χ3n) is 7.87. The first-order valence-corrected chi connectivity index (χ1v) is 13.7. The Labute approximate surface area is 214 Å². The third-order valence-corrected chi connectivity index (χ3v) is 9.68. The first-order chi connectivity index (χ1) is 16.9. The minimum atomic E-state index is -0.572. The Kier molecular flexibility index (Phi) is 5.21. The molecule has 0 unspecified atom stereocenters. The summed E-state index contributed by atoms with van der Waals surface area (Å²) in [7, 11) is 2.17. The number of hydrogen-bond donors (Lipinski definition) is 0. The number of likely N-dealkylation sites (N-methyl/N-ethyl adjacent to an activating group) is 1. The van der Waals surface area contributed by atoms with E-state index in [9.17, 15) is 4.79 Å². The number of thiophene rings is 2. The number of nitrogens with zero attached hydrogens (tertiary/aromatic N) is 1. The van der Waals surface area contributed by atoms with Gasteiger partial charge in [0, 0.05) is 23.0 Å². The van der Waals surface area contributed by atoms with Crippen molar-refractivity contribution in [3.8, 4) is 0 Å². The highest BCUT2D eigenvalue weighted by Crippen LogP contribution is 2.60. The Hall–Kier alpha value is -3.21. The van der Waals surface area contributed by atoms with Crippen molar-refractivity contribution in [3.05, 3.63) is 123 Å². The number of fused-ring (bicyclic) bond motifs is 1. The van der Waals surface area contributed by atoms with E-state index < -0.39 is 5.54 Å². The SMILES string of the molecule is CN1c2ccccc2C(C)(C)[C@]12C=C(c1cccs1)C=C(c1ccccc1)[C@H]2C(=O)c1cccs1. The predicted molar refractivity (Wildman–Crippen MR) is 149 cm³/mol. The topological polar surface area (TPSA) is 20.3 Å². The summed E-state index contributed by atoms with van der Waals surface area (Å²) < 4.78 is 0. The summed E-state index contributed by atoms with van der Waals surface area (Å²) in [5.74, 6) is -0.177. The molecule has 35 heavy (non-hydrogen) atoms. The molecule has 0 amide bonds. The van der Waals surface area contributed by atoms with Gasteiger partial charge in [-0.2, -0.15) is 0 Å². The molecule has 0 radical (unpaired) electrons. The molecule has 2 atom stereocenters. The standard InChI is InChI=1S/C31H27NOS2/c1-30(2)24-13-7-8-14-25(24)32(3)31(30)20-22(26-15-9-17-34-26)19-23(21-11-5-4-6-12-21)28(31)29(33)27-16-10-18-35-27/h4-20,28H,1-3H3/t28-,31+/m0/s1. The molecule has 0 bridgehead atoms. The van der Waals surface area contributed by atoms with Gasteiger partial charge in [-0.05, 0) is 63.4 Å². The van der Waals surface area contributed by atoms with Gasteiger partial charge in [-0.1, -0.05) is 74.5 Å². The van der Waals surface area contributed by atoms with Crippen LogP contribution in [-0.4, -0.2) is 18.4 Å². The zero-order chi connectivity index (χ0) is 24.2. The van der Waals surface area contributed by atoms with Crippen molar-refractivity contribution in [3.63, 3.8) is 0 Å².